The van der Waals surface area contributed by atoms with E-state index in [9.17, 15) is 21.6 Å². The Morgan fingerprint density at radius 2 is 1.73 bits per heavy atom. The van der Waals surface area contributed by atoms with Crippen molar-refractivity contribution in [2.75, 3.05) is 52.4 Å². The smallest absolute Gasteiger partial charge is 0.357 e. The van der Waals surface area contributed by atoms with E-state index in [1.165, 1.54) is 12.8 Å². The lowest BCUT2D eigenvalue weighted by atomic mass is 9.98. The molecule has 1 unspecified atom stereocenters. The molecule has 178 valence electrons. The van der Waals surface area contributed by atoms with Crippen LogP contribution in [0.4, 0.5) is 13.2 Å². The minimum Gasteiger partial charge on any atom is -0.357 e. The fourth-order valence-corrected chi connectivity index (χ4v) is 4.88. The van der Waals surface area contributed by atoms with E-state index < -0.39 is 15.5 Å². The van der Waals surface area contributed by atoms with Crippen molar-refractivity contribution in [3.63, 3.8) is 0 Å². The molecule has 1 atom stereocenters. The summed E-state index contributed by atoms with van der Waals surface area (Å²) in [5.41, 5.74) is -5.23. The number of hydrogen-bond donors (Lipinski definition) is 2. The van der Waals surface area contributed by atoms with Gasteiger partial charge in [0.05, 0.1) is 0 Å². The van der Waals surface area contributed by atoms with E-state index in [1.807, 2.05) is 6.92 Å². The second-order valence-corrected chi connectivity index (χ2v) is 9.72. The van der Waals surface area contributed by atoms with Crippen molar-refractivity contribution in [3.05, 3.63) is 0 Å². The van der Waals surface area contributed by atoms with E-state index in [0.717, 1.165) is 32.7 Å². The first-order chi connectivity index (χ1) is 13.7. The number of sulfonamides is 1. The van der Waals surface area contributed by atoms with Gasteiger partial charge in [0.25, 0.3) is 0 Å². The number of guanidine groups is 1. The number of alkyl halides is 3. The van der Waals surface area contributed by atoms with Crippen LogP contribution in [-0.4, -0.2) is 81.4 Å². The Labute approximate surface area is 195 Å². The van der Waals surface area contributed by atoms with Gasteiger partial charge in [-0.05, 0) is 57.5 Å². The van der Waals surface area contributed by atoms with E-state index in [1.54, 1.807) is 0 Å². The highest BCUT2D eigenvalue weighted by atomic mass is 127. The van der Waals surface area contributed by atoms with Crippen LogP contribution in [0.1, 0.15) is 39.5 Å². The molecule has 0 aromatic heterocycles. The minimum absolute atomic E-state index is 0. The van der Waals surface area contributed by atoms with Gasteiger partial charge in [-0.2, -0.15) is 17.5 Å². The molecular formula is C18H35F3IN5O2S. The summed E-state index contributed by atoms with van der Waals surface area (Å²) in [5.74, 6) is 1.37. The van der Waals surface area contributed by atoms with Crippen LogP contribution in [0.3, 0.4) is 0 Å². The zero-order valence-electron chi connectivity index (χ0n) is 17.7. The van der Waals surface area contributed by atoms with Gasteiger partial charge in [0, 0.05) is 39.3 Å². The lowest BCUT2D eigenvalue weighted by Crippen LogP contribution is -2.47. The van der Waals surface area contributed by atoms with Crippen molar-refractivity contribution >= 4 is 40.0 Å². The number of rotatable bonds is 7. The average Bonchev–Trinajstić information content (AvgIpc) is 2.69. The van der Waals surface area contributed by atoms with Gasteiger partial charge in [0.2, 0.25) is 0 Å². The second-order valence-electron chi connectivity index (χ2n) is 7.80. The molecule has 0 amide bonds. The number of nitrogens with one attached hydrogen (secondary N) is 2. The highest BCUT2D eigenvalue weighted by molar-refractivity contribution is 14.0. The van der Waals surface area contributed by atoms with Gasteiger partial charge in [-0.25, -0.2) is 8.42 Å². The summed E-state index contributed by atoms with van der Waals surface area (Å²) in [4.78, 5) is 7.13. The Morgan fingerprint density at radius 3 is 2.30 bits per heavy atom. The third-order valence-corrected chi connectivity index (χ3v) is 7.30. The predicted octanol–water partition coefficient (Wildman–Crippen LogP) is 2.45. The maximum absolute atomic E-state index is 12.7. The summed E-state index contributed by atoms with van der Waals surface area (Å²) < 4.78 is 61.6. The van der Waals surface area contributed by atoms with E-state index >= 15 is 0 Å². The molecule has 0 radical (unpaired) electrons. The van der Waals surface area contributed by atoms with Gasteiger partial charge >= 0.3 is 15.5 Å². The topological polar surface area (TPSA) is 77.0 Å². The minimum atomic E-state index is -5.23. The van der Waals surface area contributed by atoms with E-state index in [0.29, 0.717) is 35.6 Å². The highest BCUT2D eigenvalue weighted by Gasteiger charge is 2.50. The average molecular weight is 569 g/mol. The first kappa shape index (κ1) is 27.7. The molecule has 2 saturated heterocycles. The Morgan fingerprint density at radius 1 is 1.07 bits per heavy atom. The zero-order chi connectivity index (χ0) is 21.5. The number of nitrogens with zero attached hydrogens (tertiary/aromatic N) is 3. The third kappa shape index (κ3) is 7.97. The maximum Gasteiger partial charge on any atom is 0.511 e. The lowest BCUT2D eigenvalue weighted by Gasteiger charge is -2.32. The number of halogens is 4. The van der Waals surface area contributed by atoms with E-state index in [-0.39, 0.29) is 43.0 Å². The van der Waals surface area contributed by atoms with Gasteiger partial charge in [-0.15, -0.1) is 24.0 Å². The number of hydrogen-bond acceptors (Lipinski definition) is 4. The van der Waals surface area contributed by atoms with Crippen LogP contribution in [0, 0.1) is 11.8 Å². The summed E-state index contributed by atoms with van der Waals surface area (Å²) >= 11 is 0. The van der Waals surface area contributed by atoms with Crippen LogP contribution in [0.5, 0.6) is 0 Å². The van der Waals surface area contributed by atoms with Gasteiger partial charge in [0.1, 0.15) is 0 Å². The molecule has 2 rings (SSSR count). The maximum atomic E-state index is 12.7. The van der Waals surface area contributed by atoms with E-state index in [2.05, 4.69) is 27.4 Å². The lowest BCUT2D eigenvalue weighted by molar-refractivity contribution is -0.0496. The molecule has 0 bridgehead atoms. The normalized spacial score (nSPS) is 23.1. The summed E-state index contributed by atoms with van der Waals surface area (Å²) in [7, 11) is -5.22. The molecule has 2 aliphatic rings. The standard InChI is InChI=1S/C18H34F3N5O2S.HI/c1-3-22-17(24-13-16-6-5-9-25(4-2)14-16)23-12-15-7-10-26(11-8-15)29(27,28)18(19,20)21;/h15-16H,3-14H2,1-2H3,(H2,22,23,24);1H. The summed E-state index contributed by atoms with van der Waals surface area (Å²) in [6, 6.07) is 0. The van der Waals surface area contributed by atoms with Crippen LogP contribution in [0.25, 0.3) is 0 Å². The molecule has 2 heterocycles. The van der Waals surface area contributed by atoms with Crippen LogP contribution in [-0.2, 0) is 10.0 Å². The monoisotopic (exact) mass is 569 g/mol. The van der Waals surface area contributed by atoms with Gasteiger partial charge in [0.15, 0.2) is 5.96 Å². The fraction of sp³-hybridized carbons (Fsp3) is 0.944. The predicted molar refractivity (Wildman–Crippen MR) is 124 cm³/mol. The van der Waals surface area contributed by atoms with Crippen LogP contribution in [0.2, 0.25) is 0 Å². The van der Waals surface area contributed by atoms with Crippen molar-refractivity contribution in [3.8, 4) is 0 Å². The molecule has 0 aromatic carbocycles. The highest BCUT2D eigenvalue weighted by Crippen LogP contribution is 2.30. The Bertz CT molecular complexity index is 640. The van der Waals surface area contributed by atoms with Gasteiger partial charge < -0.3 is 15.5 Å². The molecule has 30 heavy (non-hydrogen) atoms. The number of aliphatic imine (C=N–C) groups is 1. The molecule has 0 aromatic rings. The van der Waals surface area contributed by atoms with Crippen LogP contribution in [0.15, 0.2) is 4.99 Å². The van der Waals surface area contributed by atoms with Crippen molar-refractivity contribution in [2.45, 2.75) is 45.0 Å². The number of likely N-dealkylation sites (tertiary alicyclic amines) is 1. The second kappa shape index (κ2) is 12.6. The molecule has 2 N–H and O–H groups in total. The Kier molecular flexibility index (Phi) is 11.7. The van der Waals surface area contributed by atoms with Crippen LogP contribution < -0.4 is 10.6 Å². The molecule has 2 fully saturated rings. The summed E-state index contributed by atoms with van der Waals surface area (Å²) in [6.45, 7) is 9.25. The van der Waals surface area contributed by atoms with Crippen molar-refractivity contribution in [1.82, 2.24) is 19.8 Å². The number of piperidine rings is 2. The first-order valence-corrected chi connectivity index (χ1v) is 11.9. The quantitative estimate of drug-likeness (QED) is 0.280. The molecule has 0 saturated carbocycles. The molecule has 7 nitrogen and oxygen atoms in total. The molecular weight excluding hydrogens is 534 g/mol. The Balaban J connectivity index is 0.00000450. The molecule has 0 aliphatic carbocycles. The van der Waals surface area contributed by atoms with Crippen molar-refractivity contribution in [2.24, 2.45) is 16.8 Å². The Hall–Kier alpha value is -0.340. The summed E-state index contributed by atoms with van der Waals surface area (Å²) in [5, 5.41) is 6.48. The van der Waals surface area contributed by atoms with E-state index in [4.69, 9.17) is 0 Å². The zero-order valence-corrected chi connectivity index (χ0v) is 20.9. The van der Waals surface area contributed by atoms with Crippen molar-refractivity contribution < 1.29 is 21.6 Å². The third-order valence-electron chi connectivity index (χ3n) is 5.67. The molecule has 12 heteroatoms. The largest absolute Gasteiger partial charge is 0.511 e. The SMILES string of the molecule is CCNC(=NCC1CCCN(CC)C1)NCC1CCN(S(=O)(=O)C(F)(F)F)CC1.I. The van der Waals surface area contributed by atoms with Gasteiger partial charge in [-0.3, -0.25) is 4.99 Å². The molecule has 2 aliphatic heterocycles. The first-order valence-electron chi connectivity index (χ1n) is 10.5. The molecule has 0 spiro atoms. The summed E-state index contributed by atoms with van der Waals surface area (Å²) in [6.07, 6.45) is 3.16. The van der Waals surface area contributed by atoms with Gasteiger partial charge in [-0.1, -0.05) is 6.92 Å². The fourth-order valence-electron chi connectivity index (χ4n) is 3.89. The van der Waals surface area contributed by atoms with Crippen molar-refractivity contribution in [1.29, 1.82) is 0 Å². The van der Waals surface area contributed by atoms with Crippen LogP contribution >= 0.6 is 24.0 Å².